The van der Waals surface area contributed by atoms with Crippen molar-refractivity contribution in [2.75, 3.05) is 37.0 Å². The van der Waals surface area contributed by atoms with Gasteiger partial charge in [0.2, 0.25) is 5.91 Å². The van der Waals surface area contributed by atoms with Gasteiger partial charge in [0.1, 0.15) is 12.4 Å². The first-order valence-corrected chi connectivity index (χ1v) is 12.2. The third-order valence-corrected chi connectivity index (χ3v) is 7.19. The Morgan fingerprint density at radius 1 is 0.968 bits per heavy atom. The van der Waals surface area contributed by atoms with E-state index in [4.69, 9.17) is 0 Å². The Bertz CT molecular complexity index is 928. The lowest BCUT2D eigenvalue weighted by Gasteiger charge is -2.24. The Balaban J connectivity index is 1.62. The summed E-state index contributed by atoms with van der Waals surface area (Å²) in [7, 11) is -4.02. The molecular formula is C23H30FN3O3S. The van der Waals surface area contributed by atoms with Gasteiger partial charge in [-0.05, 0) is 75.3 Å². The maximum atomic E-state index is 13.3. The number of likely N-dealkylation sites (tertiary alicyclic amines) is 1. The molecule has 0 radical (unpaired) electrons. The molecule has 6 nitrogen and oxygen atoms in total. The number of rotatable bonds is 9. The van der Waals surface area contributed by atoms with Crippen molar-refractivity contribution >= 4 is 21.6 Å². The van der Waals surface area contributed by atoms with Crippen LogP contribution in [0.3, 0.4) is 0 Å². The molecule has 8 heteroatoms. The molecule has 1 fully saturated rings. The van der Waals surface area contributed by atoms with E-state index in [-0.39, 0.29) is 17.3 Å². The third kappa shape index (κ3) is 6.77. The molecule has 1 aliphatic heterocycles. The van der Waals surface area contributed by atoms with Gasteiger partial charge < -0.3 is 10.2 Å². The van der Waals surface area contributed by atoms with Crippen molar-refractivity contribution in [2.24, 2.45) is 0 Å². The zero-order valence-electron chi connectivity index (χ0n) is 17.7. The van der Waals surface area contributed by atoms with E-state index in [0.717, 1.165) is 42.5 Å². The summed E-state index contributed by atoms with van der Waals surface area (Å²) in [6.45, 7) is 3.29. The summed E-state index contributed by atoms with van der Waals surface area (Å²) >= 11 is 0. The minimum Gasteiger partial charge on any atom is -0.354 e. The van der Waals surface area contributed by atoms with E-state index in [1.807, 2.05) is 0 Å². The summed E-state index contributed by atoms with van der Waals surface area (Å²) in [5, 5.41) is 2.84. The number of hydrogen-bond acceptors (Lipinski definition) is 4. The molecule has 0 atom stereocenters. The van der Waals surface area contributed by atoms with Crippen LogP contribution >= 0.6 is 0 Å². The maximum absolute atomic E-state index is 13.3. The van der Waals surface area contributed by atoms with Crippen molar-refractivity contribution in [3.05, 3.63) is 60.4 Å². The molecule has 0 aliphatic carbocycles. The summed E-state index contributed by atoms with van der Waals surface area (Å²) in [5.74, 6) is -0.891. The standard InChI is InChI=1S/C23H30FN3O3S/c24-20-11-13-22(14-12-20)31(29,30)27(21-9-4-3-5-10-21)19-23(28)25-15-8-18-26-16-6-1-2-7-17-26/h3-5,9-14H,1-2,6-8,15-19H2,(H,25,28). The second kappa shape index (κ2) is 11.2. The molecule has 0 bridgehead atoms. The molecule has 2 aromatic rings. The Morgan fingerprint density at radius 2 is 1.61 bits per heavy atom. The molecule has 1 saturated heterocycles. The van der Waals surface area contributed by atoms with Crippen LogP contribution in [0.1, 0.15) is 32.1 Å². The Kier molecular flexibility index (Phi) is 8.43. The van der Waals surface area contributed by atoms with Crippen molar-refractivity contribution in [3.63, 3.8) is 0 Å². The lowest BCUT2D eigenvalue weighted by atomic mass is 10.2. The van der Waals surface area contributed by atoms with E-state index >= 15 is 0 Å². The molecular weight excluding hydrogens is 417 g/mol. The predicted octanol–water partition coefficient (Wildman–Crippen LogP) is 3.40. The van der Waals surface area contributed by atoms with Gasteiger partial charge in [-0.2, -0.15) is 0 Å². The van der Waals surface area contributed by atoms with Crippen LogP contribution < -0.4 is 9.62 Å². The van der Waals surface area contributed by atoms with Crippen molar-refractivity contribution in [2.45, 2.75) is 37.0 Å². The van der Waals surface area contributed by atoms with Crippen LogP contribution in [0.4, 0.5) is 10.1 Å². The lowest BCUT2D eigenvalue weighted by Crippen LogP contribution is -2.41. The fourth-order valence-electron chi connectivity index (χ4n) is 3.72. The number of para-hydroxylation sites is 1. The quantitative estimate of drug-likeness (QED) is 0.598. The van der Waals surface area contributed by atoms with E-state index < -0.39 is 15.8 Å². The van der Waals surface area contributed by atoms with Gasteiger partial charge in [0.15, 0.2) is 0 Å². The molecule has 2 aromatic carbocycles. The van der Waals surface area contributed by atoms with Crippen molar-refractivity contribution < 1.29 is 17.6 Å². The highest BCUT2D eigenvalue weighted by molar-refractivity contribution is 7.92. The lowest BCUT2D eigenvalue weighted by molar-refractivity contribution is -0.119. The number of hydrogen-bond donors (Lipinski definition) is 1. The van der Waals surface area contributed by atoms with Gasteiger partial charge in [0.05, 0.1) is 10.6 Å². The molecule has 168 valence electrons. The number of carbonyl (C=O) groups excluding carboxylic acids is 1. The maximum Gasteiger partial charge on any atom is 0.264 e. The van der Waals surface area contributed by atoms with Crippen LogP contribution in [0.25, 0.3) is 0 Å². The monoisotopic (exact) mass is 447 g/mol. The average Bonchev–Trinajstić information content (AvgIpc) is 3.05. The first-order chi connectivity index (χ1) is 15.0. The summed E-state index contributed by atoms with van der Waals surface area (Å²) in [6.07, 6.45) is 5.83. The number of anilines is 1. The van der Waals surface area contributed by atoms with E-state index in [0.29, 0.717) is 12.2 Å². The van der Waals surface area contributed by atoms with Crippen LogP contribution in [0.5, 0.6) is 0 Å². The molecule has 0 saturated carbocycles. The smallest absolute Gasteiger partial charge is 0.264 e. The summed E-state index contributed by atoms with van der Waals surface area (Å²) in [5.41, 5.74) is 0.381. The third-order valence-electron chi connectivity index (χ3n) is 5.40. The van der Waals surface area contributed by atoms with Gasteiger partial charge in [0, 0.05) is 6.54 Å². The second-order valence-electron chi connectivity index (χ2n) is 7.76. The molecule has 0 aromatic heterocycles. The average molecular weight is 448 g/mol. The highest BCUT2D eigenvalue weighted by Gasteiger charge is 2.27. The summed E-state index contributed by atoms with van der Waals surface area (Å²) in [4.78, 5) is 14.9. The molecule has 31 heavy (non-hydrogen) atoms. The second-order valence-corrected chi connectivity index (χ2v) is 9.62. The van der Waals surface area contributed by atoms with E-state index in [1.54, 1.807) is 30.3 Å². The number of halogens is 1. The fourth-order valence-corrected chi connectivity index (χ4v) is 5.14. The molecule has 0 spiro atoms. The van der Waals surface area contributed by atoms with Gasteiger partial charge in [-0.25, -0.2) is 12.8 Å². The van der Waals surface area contributed by atoms with Crippen LogP contribution in [0, 0.1) is 5.82 Å². The number of benzene rings is 2. The Morgan fingerprint density at radius 3 is 2.26 bits per heavy atom. The molecule has 1 amide bonds. The number of nitrogens with zero attached hydrogens (tertiary/aromatic N) is 2. The Labute approximate surface area is 184 Å². The zero-order chi connectivity index (χ0) is 22.1. The number of nitrogens with one attached hydrogen (secondary N) is 1. The Hall–Kier alpha value is -2.45. The van der Waals surface area contributed by atoms with Crippen LogP contribution in [-0.2, 0) is 14.8 Å². The van der Waals surface area contributed by atoms with E-state index in [1.165, 1.54) is 37.8 Å². The number of amides is 1. The largest absolute Gasteiger partial charge is 0.354 e. The number of sulfonamides is 1. The minimum absolute atomic E-state index is 0.0632. The first-order valence-electron chi connectivity index (χ1n) is 10.8. The van der Waals surface area contributed by atoms with Gasteiger partial charge in [-0.1, -0.05) is 31.0 Å². The van der Waals surface area contributed by atoms with E-state index in [2.05, 4.69) is 10.2 Å². The topological polar surface area (TPSA) is 69.7 Å². The van der Waals surface area contributed by atoms with Crippen molar-refractivity contribution in [1.82, 2.24) is 10.2 Å². The zero-order valence-corrected chi connectivity index (χ0v) is 18.5. The van der Waals surface area contributed by atoms with Crippen LogP contribution in [0.15, 0.2) is 59.5 Å². The van der Waals surface area contributed by atoms with Crippen molar-refractivity contribution in [1.29, 1.82) is 0 Å². The first kappa shape index (κ1) is 23.2. The van der Waals surface area contributed by atoms with Crippen LogP contribution in [-0.4, -0.2) is 51.9 Å². The van der Waals surface area contributed by atoms with Gasteiger partial charge in [0.25, 0.3) is 10.0 Å². The van der Waals surface area contributed by atoms with Gasteiger partial charge >= 0.3 is 0 Å². The van der Waals surface area contributed by atoms with Crippen LogP contribution in [0.2, 0.25) is 0 Å². The minimum atomic E-state index is -4.02. The van der Waals surface area contributed by atoms with Gasteiger partial charge in [-0.3, -0.25) is 9.10 Å². The highest BCUT2D eigenvalue weighted by Crippen LogP contribution is 2.23. The number of carbonyl (C=O) groups is 1. The molecule has 1 aliphatic rings. The summed E-state index contributed by atoms with van der Waals surface area (Å²) in [6, 6.07) is 13.1. The van der Waals surface area contributed by atoms with Gasteiger partial charge in [-0.15, -0.1) is 0 Å². The predicted molar refractivity (Wildman–Crippen MR) is 120 cm³/mol. The normalized spacial score (nSPS) is 15.3. The highest BCUT2D eigenvalue weighted by atomic mass is 32.2. The molecule has 1 heterocycles. The summed E-state index contributed by atoms with van der Waals surface area (Å²) < 4.78 is 40.7. The van der Waals surface area contributed by atoms with E-state index in [9.17, 15) is 17.6 Å². The SMILES string of the molecule is O=C(CN(c1ccccc1)S(=O)(=O)c1ccc(F)cc1)NCCCN1CCCCCC1. The fraction of sp³-hybridized carbons (Fsp3) is 0.435. The molecule has 3 rings (SSSR count). The van der Waals surface area contributed by atoms with Crippen molar-refractivity contribution in [3.8, 4) is 0 Å². The molecule has 1 N–H and O–H groups in total. The molecule has 0 unspecified atom stereocenters.